The van der Waals surface area contributed by atoms with Gasteiger partial charge in [-0.05, 0) is 25.1 Å². The highest BCUT2D eigenvalue weighted by Crippen LogP contribution is 2.28. The normalized spacial score (nSPS) is 12.9. The zero-order valence-electron chi connectivity index (χ0n) is 8.95. The van der Waals surface area contributed by atoms with Crippen LogP contribution in [0.3, 0.4) is 0 Å². The highest BCUT2D eigenvalue weighted by molar-refractivity contribution is 7.93. The summed E-state index contributed by atoms with van der Waals surface area (Å²) in [6, 6.07) is 4.03. The fraction of sp³-hybridized carbons (Fsp3) is 0.222. The van der Waals surface area contributed by atoms with Crippen molar-refractivity contribution in [3.63, 3.8) is 0 Å². The number of anilines is 1. The number of halogens is 3. The molecule has 0 spiro atoms. The van der Waals surface area contributed by atoms with Crippen LogP contribution in [-0.4, -0.2) is 18.9 Å². The summed E-state index contributed by atoms with van der Waals surface area (Å²) in [6.45, 7) is 1.75. The highest BCUT2D eigenvalue weighted by Gasteiger charge is 2.46. The van der Waals surface area contributed by atoms with Gasteiger partial charge in [-0.2, -0.15) is 21.6 Å². The van der Waals surface area contributed by atoms with Gasteiger partial charge in [0.2, 0.25) is 0 Å². The van der Waals surface area contributed by atoms with E-state index in [-0.39, 0.29) is 5.69 Å². The van der Waals surface area contributed by atoms with Crippen LogP contribution in [0.1, 0.15) is 5.01 Å². The van der Waals surface area contributed by atoms with Gasteiger partial charge in [-0.25, -0.2) is 4.98 Å². The standard InChI is InChI=1S/C9H7F3N2O2S2/c1-5-13-7-3-2-6(4-8(7)17-5)14-18(15,16)9(10,11)12/h2-4,14H,1H3. The van der Waals surface area contributed by atoms with Crippen molar-refractivity contribution < 1.29 is 21.6 Å². The first-order valence-electron chi connectivity index (χ1n) is 4.65. The van der Waals surface area contributed by atoms with Gasteiger partial charge in [-0.15, -0.1) is 11.3 Å². The maximum atomic E-state index is 12.2. The van der Waals surface area contributed by atoms with Gasteiger partial charge >= 0.3 is 15.5 Å². The number of nitrogens with zero attached hydrogens (tertiary/aromatic N) is 1. The van der Waals surface area contributed by atoms with Crippen molar-refractivity contribution in [2.45, 2.75) is 12.4 Å². The lowest BCUT2D eigenvalue weighted by Gasteiger charge is -2.10. The van der Waals surface area contributed by atoms with E-state index in [2.05, 4.69) is 4.98 Å². The van der Waals surface area contributed by atoms with E-state index >= 15 is 0 Å². The molecule has 98 valence electrons. The molecule has 0 unspecified atom stereocenters. The molecular formula is C9H7F3N2O2S2. The number of thiazole rings is 1. The molecule has 0 aliphatic carbocycles. The van der Waals surface area contributed by atoms with Gasteiger partial charge in [0.1, 0.15) is 0 Å². The second-order valence-corrected chi connectivity index (χ2v) is 6.38. The molecule has 0 aliphatic heterocycles. The third kappa shape index (κ3) is 2.41. The number of nitrogens with one attached hydrogen (secondary N) is 1. The predicted molar refractivity (Wildman–Crippen MR) is 63.0 cm³/mol. The summed E-state index contributed by atoms with van der Waals surface area (Å²) in [4.78, 5) is 4.12. The summed E-state index contributed by atoms with van der Waals surface area (Å²) in [7, 11) is -5.38. The van der Waals surface area contributed by atoms with Crippen LogP contribution in [0.25, 0.3) is 10.2 Å². The van der Waals surface area contributed by atoms with Crippen molar-refractivity contribution >= 4 is 37.3 Å². The Balaban J connectivity index is 2.38. The Bertz CT molecular complexity index is 691. The largest absolute Gasteiger partial charge is 0.516 e. The van der Waals surface area contributed by atoms with Gasteiger partial charge in [-0.1, -0.05) is 0 Å². The predicted octanol–water partition coefficient (Wildman–Crippen LogP) is 2.87. The number of alkyl halides is 3. The van der Waals surface area contributed by atoms with Gasteiger partial charge in [0.05, 0.1) is 20.9 Å². The van der Waals surface area contributed by atoms with E-state index in [1.165, 1.54) is 34.3 Å². The Morgan fingerprint density at radius 2 is 2.00 bits per heavy atom. The lowest BCUT2D eigenvalue weighted by molar-refractivity contribution is -0.0429. The van der Waals surface area contributed by atoms with Crippen LogP contribution >= 0.6 is 11.3 Å². The quantitative estimate of drug-likeness (QED) is 0.927. The van der Waals surface area contributed by atoms with E-state index in [0.717, 1.165) is 5.01 Å². The van der Waals surface area contributed by atoms with Gasteiger partial charge in [0.25, 0.3) is 0 Å². The molecule has 0 bridgehead atoms. The lowest BCUT2D eigenvalue weighted by atomic mass is 10.3. The summed E-state index contributed by atoms with van der Waals surface area (Å²) in [6.07, 6.45) is 0. The zero-order valence-corrected chi connectivity index (χ0v) is 10.6. The summed E-state index contributed by atoms with van der Waals surface area (Å²) in [5.74, 6) is 0. The first kappa shape index (κ1) is 13.1. The summed E-state index contributed by atoms with van der Waals surface area (Å²) >= 11 is 1.27. The second-order valence-electron chi connectivity index (χ2n) is 3.47. The Hall–Kier alpha value is -1.35. The van der Waals surface area contributed by atoms with E-state index in [1.807, 2.05) is 0 Å². The van der Waals surface area contributed by atoms with E-state index in [1.54, 1.807) is 6.92 Å². The number of fused-ring (bicyclic) bond motifs is 1. The number of aryl methyl sites for hydroxylation is 1. The number of rotatable bonds is 2. The van der Waals surface area contributed by atoms with Crippen LogP contribution in [0.5, 0.6) is 0 Å². The summed E-state index contributed by atoms with van der Waals surface area (Å²) < 4.78 is 60.5. The topological polar surface area (TPSA) is 59.1 Å². The van der Waals surface area contributed by atoms with Crippen molar-refractivity contribution in [3.05, 3.63) is 23.2 Å². The van der Waals surface area contributed by atoms with E-state index in [9.17, 15) is 21.6 Å². The van der Waals surface area contributed by atoms with Crippen LogP contribution in [0.4, 0.5) is 18.9 Å². The third-order valence-electron chi connectivity index (χ3n) is 2.05. The van der Waals surface area contributed by atoms with E-state index < -0.39 is 15.5 Å². The minimum atomic E-state index is -5.38. The SMILES string of the molecule is Cc1nc2ccc(NS(=O)(=O)C(F)(F)F)cc2s1. The molecule has 1 aromatic carbocycles. The van der Waals surface area contributed by atoms with Gasteiger partial charge in [-0.3, -0.25) is 4.72 Å². The van der Waals surface area contributed by atoms with Crippen molar-refractivity contribution in [1.29, 1.82) is 0 Å². The molecule has 0 aliphatic rings. The van der Waals surface area contributed by atoms with Crippen molar-refractivity contribution in [3.8, 4) is 0 Å². The molecule has 4 nitrogen and oxygen atoms in total. The van der Waals surface area contributed by atoms with E-state index in [4.69, 9.17) is 0 Å². The monoisotopic (exact) mass is 296 g/mol. The average molecular weight is 296 g/mol. The number of hydrogen-bond acceptors (Lipinski definition) is 4. The Kier molecular flexibility index (Phi) is 2.98. The Morgan fingerprint density at radius 1 is 1.33 bits per heavy atom. The average Bonchev–Trinajstić information content (AvgIpc) is 2.54. The van der Waals surface area contributed by atoms with Crippen LogP contribution in [0, 0.1) is 6.92 Å². The lowest BCUT2D eigenvalue weighted by Crippen LogP contribution is -2.29. The fourth-order valence-electron chi connectivity index (χ4n) is 1.32. The van der Waals surface area contributed by atoms with Crippen LogP contribution in [0.15, 0.2) is 18.2 Å². The smallest absolute Gasteiger partial charge is 0.276 e. The molecular weight excluding hydrogens is 289 g/mol. The molecule has 18 heavy (non-hydrogen) atoms. The molecule has 1 heterocycles. The molecule has 2 aromatic rings. The van der Waals surface area contributed by atoms with Crippen molar-refractivity contribution in [1.82, 2.24) is 4.98 Å². The van der Waals surface area contributed by atoms with Crippen LogP contribution in [-0.2, 0) is 10.0 Å². The first-order chi connectivity index (χ1) is 8.19. The summed E-state index contributed by atoms with van der Waals surface area (Å²) in [5, 5.41) is 0.751. The number of benzene rings is 1. The molecule has 9 heteroatoms. The molecule has 0 fully saturated rings. The number of aromatic nitrogens is 1. The molecule has 0 amide bonds. The number of hydrogen-bond donors (Lipinski definition) is 1. The highest BCUT2D eigenvalue weighted by atomic mass is 32.2. The van der Waals surface area contributed by atoms with Crippen LogP contribution < -0.4 is 4.72 Å². The maximum absolute atomic E-state index is 12.2. The number of sulfonamides is 1. The first-order valence-corrected chi connectivity index (χ1v) is 6.95. The van der Waals surface area contributed by atoms with Gasteiger partial charge in [0, 0.05) is 0 Å². The third-order valence-corrected chi connectivity index (χ3v) is 4.10. The Labute approximate surface area is 105 Å². The zero-order chi connectivity index (χ0) is 13.6. The Morgan fingerprint density at radius 3 is 2.61 bits per heavy atom. The molecule has 0 saturated carbocycles. The minimum absolute atomic E-state index is 0.136. The van der Waals surface area contributed by atoms with Gasteiger partial charge in [0.15, 0.2) is 0 Å². The molecule has 0 atom stereocenters. The minimum Gasteiger partial charge on any atom is -0.276 e. The molecule has 0 radical (unpaired) electrons. The van der Waals surface area contributed by atoms with Crippen molar-refractivity contribution in [2.24, 2.45) is 0 Å². The van der Waals surface area contributed by atoms with Crippen LogP contribution in [0.2, 0.25) is 0 Å². The maximum Gasteiger partial charge on any atom is 0.516 e. The summed E-state index contributed by atoms with van der Waals surface area (Å²) in [5.41, 5.74) is -4.85. The molecule has 1 N–H and O–H groups in total. The second kappa shape index (κ2) is 4.09. The van der Waals surface area contributed by atoms with E-state index in [0.29, 0.717) is 10.2 Å². The van der Waals surface area contributed by atoms with Gasteiger partial charge < -0.3 is 0 Å². The van der Waals surface area contributed by atoms with Crippen molar-refractivity contribution in [2.75, 3.05) is 4.72 Å². The molecule has 0 saturated heterocycles. The molecule has 2 rings (SSSR count). The molecule has 1 aromatic heterocycles. The fourth-order valence-corrected chi connectivity index (χ4v) is 2.74.